The number of amides is 1. The van der Waals surface area contributed by atoms with E-state index in [0.29, 0.717) is 13.0 Å². The molecule has 1 amide bonds. The van der Waals surface area contributed by atoms with E-state index in [2.05, 4.69) is 18.7 Å². The van der Waals surface area contributed by atoms with Gasteiger partial charge in [0, 0.05) is 23.1 Å². The number of carbonyl (C=O) groups is 1. The molecule has 17 heavy (non-hydrogen) atoms. The van der Waals surface area contributed by atoms with Crippen molar-refractivity contribution in [2.45, 2.75) is 30.9 Å². The van der Waals surface area contributed by atoms with Crippen molar-refractivity contribution < 1.29 is 4.79 Å². The van der Waals surface area contributed by atoms with Gasteiger partial charge in [0.1, 0.15) is 11.1 Å². The summed E-state index contributed by atoms with van der Waals surface area (Å²) in [6.07, 6.45) is 3.66. The second-order valence-electron chi connectivity index (χ2n) is 4.51. The van der Waals surface area contributed by atoms with E-state index in [-0.39, 0.29) is 11.2 Å². The van der Waals surface area contributed by atoms with Crippen LogP contribution in [0.2, 0.25) is 0 Å². The predicted molar refractivity (Wildman–Crippen MR) is 70.8 cm³/mol. The first-order chi connectivity index (χ1) is 8.20. The number of thiol groups is 1. The molecule has 1 aromatic heterocycles. The maximum Gasteiger partial charge on any atom is 0.228 e. The van der Waals surface area contributed by atoms with E-state index in [4.69, 9.17) is 0 Å². The number of nitrogens with zero attached hydrogens (tertiary/aromatic N) is 2. The van der Waals surface area contributed by atoms with Crippen LogP contribution in [0.3, 0.4) is 0 Å². The molecule has 0 spiro atoms. The number of hydrogen-bond donors (Lipinski definition) is 1. The van der Waals surface area contributed by atoms with Gasteiger partial charge in [-0.2, -0.15) is 17.9 Å². The number of nitriles is 1. The molecule has 0 N–H and O–H groups in total. The van der Waals surface area contributed by atoms with Crippen molar-refractivity contribution in [1.82, 2.24) is 0 Å². The fraction of sp³-hybridized carbons (Fsp3) is 0.500. The molecule has 1 aromatic rings. The van der Waals surface area contributed by atoms with Crippen LogP contribution in [0.5, 0.6) is 0 Å². The van der Waals surface area contributed by atoms with Gasteiger partial charge in [-0.25, -0.2) is 0 Å². The third-order valence-electron chi connectivity index (χ3n) is 3.36. The van der Waals surface area contributed by atoms with E-state index in [9.17, 15) is 10.1 Å². The number of carbonyl (C=O) groups excluding carboxylic acids is 1. The van der Waals surface area contributed by atoms with Crippen LogP contribution in [0.15, 0.2) is 0 Å². The first-order valence-corrected chi connectivity index (χ1v) is 7.07. The van der Waals surface area contributed by atoms with Crippen LogP contribution in [0, 0.1) is 11.3 Å². The molecule has 1 aliphatic carbocycles. The summed E-state index contributed by atoms with van der Waals surface area (Å²) in [5, 5.41) is 10.2. The predicted octanol–water partition coefficient (Wildman–Crippen LogP) is 2.14. The largest absolute Gasteiger partial charge is 0.302 e. The lowest BCUT2D eigenvalue weighted by Crippen LogP contribution is -2.24. The van der Waals surface area contributed by atoms with Crippen LogP contribution < -0.4 is 4.90 Å². The van der Waals surface area contributed by atoms with Gasteiger partial charge in [0.15, 0.2) is 0 Å². The lowest BCUT2D eigenvalue weighted by atomic mass is 10.1. The Bertz CT molecular complexity index is 529. The topological polar surface area (TPSA) is 44.1 Å². The molecule has 1 aliphatic heterocycles. The number of aryl methyl sites for hydroxylation is 1. The smallest absolute Gasteiger partial charge is 0.228 e. The van der Waals surface area contributed by atoms with Gasteiger partial charge in [0.25, 0.3) is 0 Å². The Morgan fingerprint density at radius 3 is 2.94 bits per heavy atom. The minimum Gasteiger partial charge on any atom is -0.302 e. The monoisotopic (exact) mass is 264 g/mol. The molecule has 88 valence electrons. The van der Waals surface area contributed by atoms with Crippen LogP contribution in [-0.4, -0.2) is 17.7 Å². The van der Waals surface area contributed by atoms with Gasteiger partial charge in [-0.3, -0.25) is 4.79 Å². The zero-order valence-corrected chi connectivity index (χ0v) is 11.0. The summed E-state index contributed by atoms with van der Waals surface area (Å²) in [4.78, 5) is 14.9. The molecule has 0 aromatic carbocycles. The van der Waals surface area contributed by atoms with E-state index >= 15 is 0 Å². The highest BCUT2D eigenvalue weighted by Crippen LogP contribution is 2.42. The van der Waals surface area contributed by atoms with Crippen molar-refractivity contribution in [3.05, 3.63) is 16.0 Å². The zero-order chi connectivity index (χ0) is 12.0. The minimum atomic E-state index is 0.0985. The van der Waals surface area contributed by atoms with E-state index in [1.807, 2.05) is 0 Å². The average molecular weight is 264 g/mol. The van der Waals surface area contributed by atoms with E-state index in [1.165, 1.54) is 10.4 Å². The van der Waals surface area contributed by atoms with E-state index in [0.717, 1.165) is 29.8 Å². The second kappa shape index (κ2) is 4.04. The van der Waals surface area contributed by atoms with Crippen molar-refractivity contribution in [1.29, 1.82) is 5.26 Å². The molecule has 1 fully saturated rings. The molecule has 1 unspecified atom stereocenters. The quantitative estimate of drug-likeness (QED) is 0.790. The van der Waals surface area contributed by atoms with Gasteiger partial charge in [-0.15, -0.1) is 11.3 Å². The Morgan fingerprint density at radius 2 is 2.29 bits per heavy atom. The molecule has 0 radical (unpaired) electrons. The Hall–Kier alpha value is -0.990. The number of fused-ring (bicyclic) bond motifs is 1. The summed E-state index contributed by atoms with van der Waals surface area (Å²) >= 11 is 5.98. The Morgan fingerprint density at radius 1 is 1.47 bits per heavy atom. The van der Waals surface area contributed by atoms with Gasteiger partial charge in [0.2, 0.25) is 5.91 Å². The highest BCUT2D eigenvalue weighted by Gasteiger charge is 2.33. The SMILES string of the molecule is N#Cc1c(N2CC(S)CC2=O)sc2c1CCC2. The average Bonchev–Trinajstić information content (AvgIpc) is 2.91. The minimum absolute atomic E-state index is 0.0985. The van der Waals surface area contributed by atoms with E-state index in [1.54, 1.807) is 16.2 Å². The highest BCUT2D eigenvalue weighted by molar-refractivity contribution is 7.81. The summed E-state index contributed by atoms with van der Waals surface area (Å²) in [6, 6.07) is 2.28. The lowest BCUT2D eigenvalue weighted by Gasteiger charge is -2.14. The fourth-order valence-electron chi connectivity index (χ4n) is 2.58. The summed E-state index contributed by atoms with van der Waals surface area (Å²) in [7, 11) is 0. The van der Waals surface area contributed by atoms with Gasteiger partial charge in [-0.05, 0) is 24.8 Å². The van der Waals surface area contributed by atoms with Crippen molar-refractivity contribution in [2.75, 3.05) is 11.4 Å². The maximum absolute atomic E-state index is 11.9. The second-order valence-corrected chi connectivity index (χ2v) is 6.33. The molecule has 2 aliphatic rings. The van der Waals surface area contributed by atoms with Crippen molar-refractivity contribution in [3.8, 4) is 6.07 Å². The molecule has 1 atom stereocenters. The fourth-order valence-corrected chi connectivity index (χ4v) is 4.26. The molecular formula is C12H12N2OS2. The Labute approximate surface area is 109 Å². The summed E-state index contributed by atoms with van der Waals surface area (Å²) in [5.74, 6) is 0.0985. The highest BCUT2D eigenvalue weighted by atomic mass is 32.1. The van der Waals surface area contributed by atoms with Crippen LogP contribution in [0.4, 0.5) is 5.00 Å². The van der Waals surface area contributed by atoms with Crippen molar-refractivity contribution >= 4 is 34.9 Å². The van der Waals surface area contributed by atoms with Gasteiger partial charge < -0.3 is 4.90 Å². The molecule has 3 nitrogen and oxygen atoms in total. The summed E-state index contributed by atoms with van der Waals surface area (Å²) < 4.78 is 0. The molecule has 5 heteroatoms. The first kappa shape index (κ1) is 11.1. The van der Waals surface area contributed by atoms with Crippen LogP contribution >= 0.6 is 24.0 Å². The van der Waals surface area contributed by atoms with E-state index < -0.39 is 0 Å². The normalized spacial score (nSPS) is 22.9. The van der Waals surface area contributed by atoms with Crippen molar-refractivity contribution in [2.24, 2.45) is 0 Å². The maximum atomic E-state index is 11.9. The third-order valence-corrected chi connectivity index (χ3v) is 5.02. The van der Waals surface area contributed by atoms with Gasteiger partial charge in [0.05, 0.1) is 5.56 Å². The number of anilines is 1. The van der Waals surface area contributed by atoms with Crippen LogP contribution in [0.25, 0.3) is 0 Å². The standard InChI is InChI=1S/C12H12N2OS2/c13-5-9-8-2-1-3-10(8)17-12(9)14-6-7(16)4-11(14)15/h7,16H,1-4,6H2. The summed E-state index contributed by atoms with van der Waals surface area (Å²) in [5.41, 5.74) is 1.92. The molecule has 3 rings (SSSR count). The van der Waals surface area contributed by atoms with Crippen LogP contribution in [-0.2, 0) is 17.6 Å². The first-order valence-electron chi connectivity index (χ1n) is 5.73. The Balaban J connectivity index is 2.05. The van der Waals surface area contributed by atoms with Gasteiger partial charge >= 0.3 is 0 Å². The molecule has 2 heterocycles. The van der Waals surface area contributed by atoms with Crippen molar-refractivity contribution in [3.63, 3.8) is 0 Å². The summed E-state index contributed by atoms with van der Waals surface area (Å²) in [6.45, 7) is 0.635. The zero-order valence-electron chi connectivity index (χ0n) is 9.27. The van der Waals surface area contributed by atoms with Gasteiger partial charge in [-0.1, -0.05) is 0 Å². The van der Waals surface area contributed by atoms with Crippen LogP contribution in [0.1, 0.15) is 28.8 Å². The number of thiophene rings is 1. The Kier molecular flexibility index (Phi) is 2.64. The molecular weight excluding hydrogens is 252 g/mol. The molecule has 0 saturated carbocycles. The number of rotatable bonds is 1. The lowest BCUT2D eigenvalue weighted by molar-refractivity contribution is -0.116. The molecule has 0 bridgehead atoms. The third kappa shape index (κ3) is 1.67. The molecule has 1 saturated heterocycles. The number of hydrogen-bond acceptors (Lipinski definition) is 4.